The standard InChI is InChI=1S/C32H38O8/c1-5-7-9-11-17-37-23-15-13-21(19-25(23)35-3)29-27-28(32(34)39-29)30(40-31(27)33)22-14-16-24(26(20-22)36-4)38-18-12-10-8-6-2/h13-16,19-20H,5-12,17-18H2,1-4H3. The Bertz CT molecular complexity index is 1190. The highest BCUT2D eigenvalue weighted by Gasteiger charge is 2.45. The molecule has 2 heterocycles. The summed E-state index contributed by atoms with van der Waals surface area (Å²) in [6.07, 6.45) is 8.74. The SMILES string of the molecule is CCCCCCOc1ccc(C2=C3C(=O)OC(c4ccc(OCCCCCC)c(OC)c4)=C3C(=O)O2)cc1OC. The van der Waals surface area contributed by atoms with Crippen LogP contribution in [0.3, 0.4) is 0 Å². The molecule has 0 bridgehead atoms. The van der Waals surface area contributed by atoms with Gasteiger partial charge in [-0.05, 0) is 49.2 Å². The van der Waals surface area contributed by atoms with Crippen LogP contribution in [0.4, 0.5) is 0 Å². The number of carbonyl (C=O) groups is 2. The van der Waals surface area contributed by atoms with E-state index in [4.69, 9.17) is 28.4 Å². The molecule has 2 aromatic carbocycles. The zero-order chi connectivity index (χ0) is 28.5. The average molecular weight is 551 g/mol. The maximum atomic E-state index is 13.0. The van der Waals surface area contributed by atoms with Gasteiger partial charge in [-0.15, -0.1) is 0 Å². The maximum Gasteiger partial charge on any atom is 0.348 e. The van der Waals surface area contributed by atoms with Crippen molar-refractivity contribution in [3.8, 4) is 23.0 Å². The molecular formula is C32H38O8. The third-order valence-corrected chi connectivity index (χ3v) is 6.86. The number of ether oxygens (including phenoxy) is 6. The van der Waals surface area contributed by atoms with E-state index in [0.717, 1.165) is 38.5 Å². The first-order chi connectivity index (χ1) is 19.5. The lowest BCUT2D eigenvalue weighted by Gasteiger charge is -2.13. The van der Waals surface area contributed by atoms with Gasteiger partial charge in [0.25, 0.3) is 0 Å². The average Bonchev–Trinajstić information content (AvgIpc) is 3.50. The smallest absolute Gasteiger partial charge is 0.348 e. The van der Waals surface area contributed by atoms with Crippen molar-refractivity contribution in [1.82, 2.24) is 0 Å². The fourth-order valence-corrected chi connectivity index (χ4v) is 4.69. The van der Waals surface area contributed by atoms with Gasteiger partial charge in [0, 0.05) is 11.1 Å². The zero-order valence-corrected chi connectivity index (χ0v) is 23.8. The second kappa shape index (κ2) is 13.9. The van der Waals surface area contributed by atoms with Gasteiger partial charge < -0.3 is 28.4 Å². The second-order valence-corrected chi connectivity index (χ2v) is 9.74. The summed E-state index contributed by atoms with van der Waals surface area (Å²) in [4.78, 5) is 26.0. The number of rotatable bonds is 16. The first-order valence-corrected chi connectivity index (χ1v) is 14.1. The van der Waals surface area contributed by atoms with Crippen LogP contribution in [0.5, 0.6) is 23.0 Å². The minimum atomic E-state index is -0.656. The lowest BCUT2D eigenvalue weighted by Crippen LogP contribution is -2.03. The van der Waals surface area contributed by atoms with Gasteiger partial charge in [0.05, 0.1) is 27.4 Å². The maximum absolute atomic E-state index is 13.0. The molecule has 0 aromatic heterocycles. The Hall–Kier alpha value is -3.94. The van der Waals surface area contributed by atoms with Crippen molar-refractivity contribution < 1.29 is 38.0 Å². The molecule has 0 N–H and O–H groups in total. The van der Waals surface area contributed by atoms with Crippen molar-refractivity contribution in [1.29, 1.82) is 0 Å². The Morgan fingerprint density at radius 2 is 1.00 bits per heavy atom. The fourth-order valence-electron chi connectivity index (χ4n) is 4.69. The highest BCUT2D eigenvalue weighted by Crippen LogP contribution is 2.45. The van der Waals surface area contributed by atoms with Crippen molar-refractivity contribution >= 4 is 23.5 Å². The molecule has 4 rings (SSSR count). The Morgan fingerprint density at radius 1 is 0.575 bits per heavy atom. The number of fused-ring (bicyclic) bond motifs is 1. The van der Waals surface area contributed by atoms with Gasteiger partial charge in [0.15, 0.2) is 34.5 Å². The Kier molecular flexibility index (Phi) is 10.1. The Morgan fingerprint density at radius 3 is 1.38 bits per heavy atom. The molecular weight excluding hydrogens is 512 g/mol. The fraction of sp³-hybridized carbons (Fsp3) is 0.438. The van der Waals surface area contributed by atoms with Gasteiger partial charge >= 0.3 is 11.9 Å². The van der Waals surface area contributed by atoms with Crippen LogP contribution in [0, 0.1) is 0 Å². The molecule has 0 saturated carbocycles. The van der Waals surface area contributed by atoms with E-state index < -0.39 is 11.9 Å². The zero-order valence-electron chi connectivity index (χ0n) is 23.8. The van der Waals surface area contributed by atoms with Gasteiger partial charge in [0.1, 0.15) is 11.1 Å². The molecule has 0 saturated heterocycles. The van der Waals surface area contributed by atoms with E-state index in [1.165, 1.54) is 12.8 Å². The highest BCUT2D eigenvalue weighted by molar-refractivity contribution is 6.24. The van der Waals surface area contributed by atoms with Crippen LogP contribution in [-0.4, -0.2) is 39.4 Å². The number of cyclic esters (lactones) is 2. The summed E-state index contributed by atoms with van der Waals surface area (Å²) in [7, 11) is 3.08. The molecule has 8 nitrogen and oxygen atoms in total. The quantitative estimate of drug-likeness (QED) is 0.165. The molecule has 0 unspecified atom stereocenters. The molecule has 2 aliphatic heterocycles. The van der Waals surface area contributed by atoms with E-state index in [1.54, 1.807) is 50.6 Å². The van der Waals surface area contributed by atoms with Crippen molar-refractivity contribution in [3.63, 3.8) is 0 Å². The highest BCUT2D eigenvalue weighted by atomic mass is 16.6. The van der Waals surface area contributed by atoms with E-state index in [-0.39, 0.29) is 22.7 Å². The van der Waals surface area contributed by atoms with Crippen LogP contribution in [0.15, 0.2) is 47.5 Å². The normalized spacial score (nSPS) is 14.3. The van der Waals surface area contributed by atoms with Crippen LogP contribution in [-0.2, 0) is 19.1 Å². The number of hydrogen-bond acceptors (Lipinski definition) is 8. The van der Waals surface area contributed by atoms with Crippen LogP contribution in [0.25, 0.3) is 11.5 Å². The molecule has 0 fully saturated rings. The number of benzene rings is 2. The van der Waals surface area contributed by atoms with E-state index in [2.05, 4.69) is 13.8 Å². The summed E-state index contributed by atoms with van der Waals surface area (Å²) in [6.45, 7) is 5.48. The van der Waals surface area contributed by atoms with Gasteiger partial charge in [0.2, 0.25) is 0 Å². The van der Waals surface area contributed by atoms with Crippen LogP contribution in [0.1, 0.15) is 76.3 Å². The van der Waals surface area contributed by atoms with Crippen molar-refractivity contribution in [2.75, 3.05) is 27.4 Å². The molecule has 40 heavy (non-hydrogen) atoms. The minimum Gasteiger partial charge on any atom is -0.493 e. The van der Waals surface area contributed by atoms with Gasteiger partial charge in [-0.25, -0.2) is 9.59 Å². The summed E-state index contributed by atoms with van der Waals surface area (Å²) in [5, 5.41) is 0. The van der Waals surface area contributed by atoms with E-state index in [0.29, 0.717) is 47.3 Å². The van der Waals surface area contributed by atoms with E-state index in [1.807, 2.05) is 0 Å². The summed E-state index contributed by atoms with van der Waals surface area (Å²) >= 11 is 0. The predicted octanol–water partition coefficient (Wildman–Crippen LogP) is 6.86. The number of hydrogen-bond donors (Lipinski definition) is 0. The minimum absolute atomic E-state index is 0.0884. The molecule has 2 aromatic rings. The number of carbonyl (C=O) groups excluding carboxylic acids is 2. The molecule has 8 heteroatoms. The first-order valence-electron chi connectivity index (χ1n) is 14.1. The third-order valence-electron chi connectivity index (χ3n) is 6.86. The molecule has 0 amide bonds. The second-order valence-electron chi connectivity index (χ2n) is 9.74. The molecule has 2 aliphatic rings. The van der Waals surface area contributed by atoms with Crippen LogP contribution < -0.4 is 18.9 Å². The molecule has 0 aliphatic carbocycles. The summed E-state index contributed by atoms with van der Waals surface area (Å²) in [5.74, 6) is 1.09. The Balaban J connectivity index is 1.58. The third kappa shape index (κ3) is 6.43. The number of esters is 2. The summed E-state index contributed by atoms with van der Waals surface area (Å²) < 4.78 is 34.0. The molecule has 0 radical (unpaired) electrons. The van der Waals surface area contributed by atoms with Crippen LogP contribution in [0.2, 0.25) is 0 Å². The van der Waals surface area contributed by atoms with E-state index >= 15 is 0 Å². The first kappa shape index (κ1) is 29.1. The van der Waals surface area contributed by atoms with Crippen molar-refractivity contribution in [3.05, 3.63) is 58.7 Å². The largest absolute Gasteiger partial charge is 0.493 e. The van der Waals surface area contributed by atoms with Crippen molar-refractivity contribution in [2.45, 2.75) is 65.2 Å². The van der Waals surface area contributed by atoms with Crippen LogP contribution >= 0.6 is 0 Å². The molecule has 0 atom stereocenters. The number of methoxy groups -OCH3 is 2. The topological polar surface area (TPSA) is 89.5 Å². The van der Waals surface area contributed by atoms with Crippen molar-refractivity contribution in [2.24, 2.45) is 0 Å². The Labute approximate surface area is 235 Å². The lowest BCUT2D eigenvalue weighted by molar-refractivity contribution is -0.131. The molecule has 214 valence electrons. The van der Waals surface area contributed by atoms with Gasteiger partial charge in [-0.1, -0.05) is 52.4 Å². The van der Waals surface area contributed by atoms with Gasteiger partial charge in [-0.2, -0.15) is 0 Å². The molecule has 0 spiro atoms. The van der Waals surface area contributed by atoms with E-state index in [9.17, 15) is 9.59 Å². The summed E-state index contributed by atoms with van der Waals surface area (Å²) in [6, 6.07) is 10.4. The lowest BCUT2D eigenvalue weighted by atomic mass is 10.0. The summed E-state index contributed by atoms with van der Waals surface area (Å²) in [5.41, 5.74) is 1.20. The number of unbranched alkanes of at least 4 members (excludes halogenated alkanes) is 6. The monoisotopic (exact) mass is 550 g/mol. The van der Waals surface area contributed by atoms with Gasteiger partial charge in [-0.3, -0.25) is 0 Å². The predicted molar refractivity (Wildman–Crippen MR) is 151 cm³/mol.